The van der Waals surface area contributed by atoms with E-state index in [0.717, 1.165) is 16.7 Å². The molecule has 0 unspecified atom stereocenters. The van der Waals surface area contributed by atoms with Gasteiger partial charge in [0.2, 0.25) is 11.8 Å². The SMILES string of the molecule is C[C@@H](C(=O)NCc1ccc(Cl)cc1)N(Cc1ccc(F)cc1)C(=O)CCc1ccccc1. The monoisotopic (exact) mass is 452 g/mol. The van der Waals surface area contributed by atoms with Crippen LogP contribution in [-0.2, 0) is 29.1 Å². The molecule has 0 bridgehead atoms. The van der Waals surface area contributed by atoms with Crippen molar-refractivity contribution in [3.63, 3.8) is 0 Å². The topological polar surface area (TPSA) is 49.4 Å². The number of benzene rings is 3. The Bertz CT molecular complexity index is 1020. The van der Waals surface area contributed by atoms with Crippen LogP contribution < -0.4 is 5.32 Å². The van der Waals surface area contributed by atoms with E-state index in [2.05, 4.69) is 5.32 Å². The molecule has 1 N–H and O–H groups in total. The molecule has 6 heteroatoms. The van der Waals surface area contributed by atoms with Crippen LogP contribution in [-0.4, -0.2) is 22.8 Å². The van der Waals surface area contributed by atoms with Crippen molar-refractivity contribution in [3.8, 4) is 0 Å². The summed E-state index contributed by atoms with van der Waals surface area (Å²) in [6, 6.07) is 22.2. The van der Waals surface area contributed by atoms with Gasteiger partial charge in [-0.05, 0) is 54.3 Å². The van der Waals surface area contributed by atoms with Crippen LogP contribution in [0.5, 0.6) is 0 Å². The fraction of sp³-hybridized carbons (Fsp3) is 0.231. The number of aryl methyl sites for hydroxylation is 1. The maximum Gasteiger partial charge on any atom is 0.242 e. The van der Waals surface area contributed by atoms with E-state index in [1.807, 2.05) is 42.5 Å². The quantitative estimate of drug-likeness (QED) is 0.488. The van der Waals surface area contributed by atoms with E-state index in [1.54, 1.807) is 36.1 Å². The van der Waals surface area contributed by atoms with Crippen molar-refractivity contribution >= 4 is 23.4 Å². The summed E-state index contributed by atoms with van der Waals surface area (Å²) in [5, 5.41) is 3.51. The summed E-state index contributed by atoms with van der Waals surface area (Å²) in [7, 11) is 0. The maximum atomic E-state index is 13.3. The number of rotatable bonds is 9. The molecule has 166 valence electrons. The molecule has 0 aliphatic carbocycles. The molecule has 0 saturated heterocycles. The lowest BCUT2D eigenvalue weighted by atomic mass is 10.1. The second-order valence-electron chi connectivity index (χ2n) is 7.65. The summed E-state index contributed by atoms with van der Waals surface area (Å²) < 4.78 is 13.3. The minimum Gasteiger partial charge on any atom is -0.350 e. The number of hydrogen-bond acceptors (Lipinski definition) is 2. The van der Waals surface area contributed by atoms with Crippen molar-refractivity contribution in [3.05, 3.63) is 106 Å². The Kier molecular flexibility index (Phi) is 8.40. The van der Waals surface area contributed by atoms with Gasteiger partial charge in [-0.15, -0.1) is 0 Å². The van der Waals surface area contributed by atoms with E-state index in [9.17, 15) is 14.0 Å². The lowest BCUT2D eigenvalue weighted by Gasteiger charge is -2.29. The van der Waals surface area contributed by atoms with Gasteiger partial charge in [0, 0.05) is 24.5 Å². The van der Waals surface area contributed by atoms with Crippen LogP contribution >= 0.6 is 11.6 Å². The highest BCUT2D eigenvalue weighted by Gasteiger charge is 2.25. The number of halogens is 2. The lowest BCUT2D eigenvalue weighted by molar-refractivity contribution is -0.140. The van der Waals surface area contributed by atoms with Gasteiger partial charge in [-0.3, -0.25) is 9.59 Å². The largest absolute Gasteiger partial charge is 0.350 e. The molecular weight excluding hydrogens is 427 g/mol. The Morgan fingerprint density at radius 2 is 1.53 bits per heavy atom. The third-order valence-corrected chi connectivity index (χ3v) is 5.54. The van der Waals surface area contributed by atoms with Gasteiger partial charge in [0.05, 0.1) is 0 Å². The molecule has 3 aromatic rings. The van der Waals surface area contributed by atoms with Crippen LogP contribution in [0.4, 0.5) is 4.39 Å². The van der Waals surface area contributed by atoms with Gasteiger partial charge in [0.1, 0.15) is 11.9 Å². The Morgan fingerprint density at radius 3 is 2.19 bits per heavy atom. The highest BCUT2D eigenvalue weighted by atomic mass is 35.5. The van der Waals surface area contributed by atoms with Gasteiger partial charge in [-0.2, -0.15) is 0 Å². The van der Waals surface area contributed by atoms with Crippen molar-refractivity contribution in [1.82, 2.24) is 10.2 Å². The van der Waals surface area contributed by atoms with Crippen molar-refractivity contribution in [1.29, 1.82) is 0 Å². The van der Waals surface area contributed by atoms with Gasteiger partial charge >= 0.3 is 0 Å². The molecule has 0 fully saturated rings. The number of nitrogens with zero attached hydrogens (tertiary/aromatic N) is 1. The Morgan fingerprint density at radius 1 is 0.906 bits per heavy atom. The van der Waals surface area contributed by atoms with E-state index in [0.29, 0.717) is 18.0 Å². The maximum absolute atomic E-state index is 13.3. The normalized spacial score (nSPS) is 11.6. The third-order valence-electron chi connectivity index (χ3n) is 5.28. The predicted octanol–water partition coefficient (Wildman–Crippen LogP) is 5.15. The summed E-state index contributed by atoms with van der Waals surface area (Å²) in [5.74, 6) is -0.730. The summed E-state index contributed by atoms with van der Waals surface area (Å²) >= 11 is 5.91. The number of carbonyl (C=O) groups is 2. The molecule has 0 saturated carbocycles. The van der Waals surface area contributed by atoms with Gasteiger partial charge in [0.15, 0.2) is 0 Å². The molecule has 32 heavy (non-hydrogen) atoms. The summed E-state index contributed by atoms with van der Waals surface area (Å²) in [6.45, 7) is 2.27. The van der Waals surface area contributed by atoms with Crippen LogP contribution in [0.2, 0.25) is 5.02 Å². The van der Waals surface area contributed by atoms with Gasteiger partial charge in [-0.1, -0.05) is 66.2 Å². The molecule has 3 rings (SSSR count). The third kappa shape index (κ3) is 6.92. The highest BCUT2D eigenvalue weighted by Crippen LogP contribution is 2.14. The molecule has 4 nitrogen and oxygen atoms in total. The second kappa shape index (κ2) is 11.4. The molecule has 3 aromatic carbocycles. The number of amides is 2. The smallest absolute Gasteiger partial charge is 0.242 e. The summed E-state index contributed by atoms with van der Waals surface area (Å²) in [4.78, 5) is 27.5. The zero-order valence-electron chi connectivity index (χ0n) is 17.9. The molecule has 0 radical (unpaired) electrons. The lowest BCUT2D eigenvalue weighted by Crippen LogP contribution is -2.47. The van der Waals surface area contributed by atoms with Crippen molar-refractivity contribution in [2.75, 3.05) is 0 Å². The molecule has 0 spiro atoms. The number of hydrogen-bond donors (Lipinski definition) is 1. The first-order chi connectivity index (χ1) is 15.4. The molecule has 0 aliphatic rings. The van der Waals surface area contributed by atoms with Gasteiger partial charge in [-0.25, -0.2) is 4.39 Å². The minimum atomic E-state index is -0.685. The fourth-order valence-electron chi connectivity index (χ4n) is 3.35. The fourth-order valence-corrected chi connectivity index (χ4v) is 3.47. The van der Waals surface area contributed by atoms with E-state index < -0.39 is 6.04 Å². The zero-order valence-corrected chi connectivity index (χ0v) is 18.7. The Balaban J connectivity index is 1.68. The van der Waals surface area contributed by atoms with E-state index in [-0.39, 0.29) is 30.6 Å². The molecule has 0 aromatic heterocycles. The second-order valence-corrected chi connectivity index (χ2v) is 8.09. The molecule has 1 atom stereocenters. The van der Waals surface area contributed by atoms with Crippen LogP contribution in [0.25, 0.3) is 0 Å². The molecule has 0 heterocycles. The van der Waals surface area contributed by atoms with Crippen molar-refractivity contribution < 1.29 is 14.0 Å². The van der Waals surface area contributed by atoms with E-state index >= 15 is 0 Å². The summed E-state index contributed by atoms with van der Waals surface area (Å²) in [6.07, 6.45) is 0.860. The average Bonchev–Trinajstić information content (AvgIpc) is 2.82. The van der Waals surface area contributed by atoms with Crippen LogP contribution in [0.1, 0.15) is 30.0 Å². The van der Waals surface area contributed by atoms with Crippen LogP contribution in [0.3, 0.4) is 0 Å². The number of carbonyl (C=O) groups excluding carboxylic acids is 2. The minimum absolute atomic E-state index is 0.132. The first kappa shape index (κ1) is 23.5. The van der Waals surface area contributed by atoms with Gasteiger partial charge in [0.25, 0.3) is 0 Å². The average molecular weight is 453 g/mol. The zero-order chi connectivity index (χ0) is 22.9. The summed E-state index contributed by atoms with van der Waals surface area (Å²) in [5.41, 5.74) is 2.73. The Hall–Kier alpha value is -3.18. The first-order valence-electron chi connectivity index (χ1n) is 10.5. The molecule has 2 amide bonds. The van der Waals surface area contributed by atoms with Gasteiger partial charge < -0.3 is 10.2 Å². The number of nitrogens with one attached hydrogen (secondary N) is 1. The standard InChI is InChI=1S/C26H26ClFN2O2/c1-19(26(32)29-17-21-7-12-23(27)13-8-21)30(18-22-9-14-24(28)15-10-22)25(31)16-11-20-5-3-2-4-6-20/h2-10,12-15,19H,11,16-18H2,1H3,(H,29,32)/t19-/m0/s1. The van der Waals surface area contributed by atoms with E-state index in [4.69, 9.17) is 11.6 Å². The van der Waals surface area contributed by atoms with Crippen molar-refractivity contribution in [2.24, 2.45) is 0 Å². The van der Waals surface area contributed by atoms with Crippen LogP contribution in [0, 0.1) is 5.82 Å². The molecule has 0 aliphatic heterocycles. The Labute approximate surface area is 193 Å². The predicted molar refractivity (Wildman–Crippen MR) is 124 cm³/mol. The van der Waals surface area contributed by atoms with E-state index in [1.165, 1.54) is 12.1 Å². The van der Waals surface area contributed by atoms with Crippen molar-refractivity contribution in [2.45, 2.75) is 38.9 Å². The molecular formula is C26H26ClFN2O2. The van der Waals surface area contributed by atoms with Crippen LogP contribution in [0.15, 0.2) is 78.9 Å². The highest BCUT2D eigenvalue weighted by molar-refractivity contribution is 6.30. The first-order valence-corrected chi connectivity index (χ1v) is 10.9.